The normalized spacial score (nSPS) is 53.7. The Kier molecular flexibility index (Phi) is 2.92. The summed E-state index contributed by atoms with van der Waals surface area (Å²) in [5, 5.41) is 22.0. The molecule has 3 saturated carbocycles. The Bertz CT molecular complexity index is 785. The van der Waals surface area contributed by atoms with Gasteiger partial charge in [-0.25, -0.2) is 0 Å². The summed E-state index contributed by atoms with van der Waals surface area (Å²) in [4.78, 5) is 25.8. The van der Waals surface area contributed by atoms with E-state index in [0.717, 1.165) is 17.6 Å². The van der Waals surface area contributed by atoms with E-state index >= 15 is 0 Å². The number of aliphatic hydroxyl groups is 2. The predicted molar refractivity (Wildman–Crippen MR) is 89.6 cm³/mol. The van der Waals surface area contributed by atoms with Crippen LogP contribution in [0.2, 0.25) is 0 Å². The first-order valence-electron chi connectivity index (χ1n) is 9.34. The summed E-state index contributed by atoms with van der Waals surface area (Å²) in [5.74, 6) is -2.09. The predicted octanol–water partition coefficient (Wildman–Crippen LogP) is 1.12. The minimum Gasteiger partial charge on any atom is -0.469 e. The van der Waals surface area contributed by atoms with Gasteiger partial charge in [0.15, 0.2) is 0 Å². The lowest BCUT2D eigenvalue weighted by atomic mass is 9.50. The van der Waals surface area contributed by atoms with Gasteiger partial charge in [0.1, 0.15) is 5.60 Å². The van der Waals surface area contributed by atoms with Crippen LogP contribution >= 0.6 is 0 Å². The van der Waals surface area contributed by atoms with Crippen LogP contribution in [0.3, 0.4) is 0 Å². The summed E-state index contributed by atoms with van der Waals surface area (Å²) in [7, 11) is 1.34. The fraction of sp³-hybridized carbons (Fsp3) is 0.700. The zero-order chi connectivity index (χ0) is 18.6. The third-order valence-electron chi connectivity index (χ3n) is 8.26. The first-order valence-corrected chi connectivity index (χ1v) is 9.34. The molecule has 140 valence electrons. The molecule has 4 bridgehead atoms. The molecule has 1 aliphatic heterocycles. The van der Waals surface area contributed by atoms with Crippen LogP contribution in [0, 0.1) is 28.6 Å². The number of aliphatic hydroxyl groups excluding tert-OH is 2. The number of carbonyl (C=O) groups is 2. The summed E-state index contributed by atoms with van der Waals surface area (Å²) in [5.41, 5.74) is -1.44. The second-order valence-corrected chi connectivity index (χ2v) is 8.81. The summed E-state index contributed by atoms with van der Waals surface area (Å²) < 4.78 is 11.2. The number of allylic oxidation sites excluding steroid dienone is 1. The highest BCUT2D eigenvalue weighted by molar-refractivity contribution is 5.88. The van der Waals surface area contributed by atoms with Crippen LogP contribution in [-0.4, -0.2) is 47.1 Å². The summed E-state index contributed by atoms with van der Waals surface area (Å²) in [6.07, 6.45) is 2.61. The highest BCUT2D eigenvalue weighted by Crippen LogP contribution is 2.77. The molecule has 0 unspecified atom stereocenters. The minimum absolute atomic E-state index is 0.0255. The molecule has 1 spiro atoms. The Labute approximate surface area is 151 Å². The first kappa shape index (κ1) is 16.5. The quantitative estimate of drug-likeness (QED) is 0.538. The SMILES string of the molecule is C=C1[C@H]2C=C3[C@@H](C(=O)OC)[C@@H]4[C@]5(C)C(=O)O[C@]4(CC[C@H]5O)[C@@]3(CC2)[C@H]1O. The van der Waals surface area contributed by atoms with Gasteiger partial charge in [0, 0.05) is 11.8 Å². The van der Waals surface area contributed by atoms with Crippen LogP contribution in [0.1, 0.15) is 32.6 Å². The Balaban J connectivity index is 1.83. The second kappa shape index (κ2) is 4.60. The summed E-state index contributed by atoms with van der Waals surface area (Å²) in [6.45, 7) is 5.79. The minimum atomic E-state index is -1.18. The molecule has 6 rings (SSSR count). The largest absolute Gasteiger partial charge is 0.469 e. The maximum absolute atomic E-state index is 12.9. The van der Waals surface area contributed by atoms with E-state index in [1.807, 2.05) is 6.08 Å². The zero-order valence-corrected chi connectivity index (χ0v) is 15.0. The van der Waals surface area contributed by atoms with Crippen molar-refractivity contribution >= 4 is 11.9 Å². The molecule has 6 nitrogen and oxygen atoms in total. The summed E-state index contributed by atoms with van der Waals surface area (Å²) in [6, 6.07) is 0. The van der Waals surface area contributed by atoms with E-state index in [-0.39, 0.29) is 5.92 Å². The standard InChI is InChI=1S/C20H24O6/c1-9-10-4-6-19(15(9)22)11(8-10)13(16(23)25-3)14-18(2)12(21)5-7-20(14,19)26-17(18)24/h8,10,12-15,21-22H,1,4-7H2,2-3H3/t10-,12-,13-,14-,15+,18-,19-,20+/m1/s1. The van der Waals surface area contributed by atoms with Crippen molar-refractivity contribution in [3.8, 4) is 0 Å². The van der Waals surface area contributed by atoms with Gasteiger partial charge in [0.05, 0.1) is 36.1 Å². The molecule has 0 radical (unpaired) electrons. The van der Waals surface area contributed by atoms with Crippen LogP contribution < -0.4 is 0 Å². The van der Waals surface area contributed by atoms with Crippen molar-refractivity contribution in [1.82, 2.24) is 0 Å². The van der Waals surface area contributed by atoms with Crippen LogP contribution in [0.15, 0.2) is 23.8 Å². The number of methoxy groups -OCH3 is 1. The number of esters is 2. The lowest BCUT2D eigenvalue weighted by Gasteiger charge is -2.56. The molecule has 6 aliphatic rings. The van der Waals surface area contributed by atoms with E-state index in [4.69, 9.17) is 9.47 Å². The molecule has 8 atom stereocenters. The number of ether oxygens (including phenoxy) is 2. The van der Waals surface area contributed by atoms with E-state index in [0.29, 0.717) is 19.3 Å². The number of carbonyl (C=O) groups excluding carboxylic acids is 2. The molecular weight excluding hydrogens is 336 g/mol. The molecule has 1 heterocycles. The average molecular weight is 360 g/mol. The number of hydrogen-bond donors (Lipinski definition) is 2. The first-order chi connectivity index (χ1) is 12.3. The molecule has 1 saturated heterocycles. The van der Waals surface area contributed by atoms with E-state index in [1.54, 1.807) is 6.92 Å². The van der Waals surface area contributed by atoms with Gasteiger partial charge in [-0.05, 0) is 43.8 Å². The van der Waals surface area contributed by atoms with Crippen molar-refractivity contribution < 1.29 is 29.3 Å². The lowest BCUT2D eigenvalue weighted by Crippen LogP contribution is -2.61. The van der Waals surface area contributed by atoms with Gasteiger partial charge in [-0.3, -0.25) is 9.59 Å². The topological polar surface area (TPSA) is 93.1 Å². The van der Waals surface area contributed by atoms with Crippen LogP contribution in [0.5, 0.6) is 0 Å². The van der Waals surface area contributed by atoms with Crippen molar-refractivity contribution in [2.75, 3.05) is 7.11 Å². The van der Waals surface area contributed by atoms with Gasteiger partial charge >= 0.3 is 11.9 Å². The molecule has 2 N–H and O–H groups in total. The maximum Gasteiger partial charge on any atom is 0.315 e. The third kappa shape index (κ3) is 1.36. The third-order valence-corrected chi connectivity index (χ3v) is 8.26. The Morgan fingerprint density at radius 2 is 2.08 bits per heavy atom. The van der Waals surface area contributed by atoms with Crippen LogP contribution in [0.4, 0.5) is 0 Å². The molecule has 4 fully saturated rings. The number of rotatable bonds is 1. The Hall–Kier alpha value is -1.66. The van der Waals surface area contributed by atoms with Gasteiger partial charge in [-0.1, -0.05) is 12.7 Å². The molecule has 6 heteroatoms. The van der Waals surface area contributed by atoms with Crippen molar-refractivity contribution in [3.05, 3.63) is 23.8 Å². The maximum atomic E-state index is 12.9. The molecule has 0 aromatic heterocycles. The fourth-order valence-corrected chi connectivity index (χ4v) is 7.08. The zero-order valence-electron chi connectivity index (χ0n) is 15.0. The lowest BCUT2D eigenvalue weighted by molar-refractivity contribution is -0.174. The highest BCUT2D eigenvalue weighted by atomic mass is 16.6. The molecular formula is C20H24O6. The fourth-order valence-electron chi connectivity index (χ4n) is 7.08. The van der Waals surface area contributed by atoms with Gasteiger partial charge in [0.25, 0.3) is 0 Å². The number of hydrogen-bond acceptors (Lipinski definition) is 6. The molecule has 0 amide bonds. The molecule has 26 heavy (non-hydrogen) atoms. The van der Waals surface area contributed by atoms with Crippen LogP contribution in [-0.2, 0) is 19.1 Å². The Morgan fingerprint density at radius 1 is 1.35 bits per heavy atom. The second-order valence-electron chi connectivity index (χ2n) is 8.81. The van der Waals surface area contributed by atoms with Crippen molar-refractivity contribution in [1.29, 1.82) is 0 Å². The van der Waals surface area contributed by atoms with Crippen molar-refractivity contribution in [2.24, 2.45) is 28.6 Å². The molecule has 5 aliphatic carbocycles. The Morgan fingerprint density at radius 3 is 2.77 bits per heavy atom. The van der Waals surface area contributed by atoms with Gasteiger partial charge in [-0.2, -0.15) is 0 Å². The molecule has 0 aromatic carbocycles. The van der Waals surface area contributed by atoms with E-state index in [9.17, 15) is 19.8 Å². The monoisotopic (exact) mass is 360 g/mol. The van der Waals surface area contributed by atoms with Gasteiger partial charge in [-0.15, -0.1) is 0 Å². The smallest absolute Gasteiger partial charge is 0.315 e. The van der Waals surface area contributed by atoms with Crippen molar-refractivity contribution in [2.45, 2.75) is 50.4 Å². The van der Waals surface area contributed by atoms with Gasteiger partial charge < -0.3 is 19.7 Å². The average Bonchev–Trinajstić information content (AvgIpc) is 2.98. The number of fused-ring (bicyclic) bond motifs is 2. The molecule has 0 aromatic rings. The van der Waals surface area contributed by atoms with Crippen LogP contribution in [0.25, 0.3) is 0 Å². The van der Waals surface area contributed by atoms with Crippen molar-refractivity contribution in [3.63, 3.8) is 0 Å². The summed E-state index contributed by atoms with van der Waals surface area (Å²) >= 11 is 0. The highest BCUT2D eigenvalue weighted by Gasteiger charge is 2.84. The van der Waals surface area contributed by atoms with Gasteiger partial charge in [0.2, 0.25) is 0 Å². The van der Waals surface area contributed by atoms with E-state index < -0.39 is 52.4 Å². The van der Waals surface area contributed by atoms with E-state index in [1.165, 1.54) is 7.11 Å². The van der Waals surface area contributed by atoms with E-state index in [2.05, 4.69) is 6.58 Å².